The molecule has 3 aromatic carbocycles. The van der Waals surface area contributed by atoms with E-state index in [0.717, 1.165) is 12.0 Å². The lowest BCUT2D eigenvalue weighted by Crippen LogP contribution is -2.38. The van der Waals surface area contributed by atoms with E-state index in [1.165, 1.54) is 28.6 Å². The molecule has 9 heteroatoms. The van der Waals surface area contributed by atoms with E-state index in [1.54, 1.807) is 35.2 Å². The highest BCUT2D eigenvalue weighted by atomic mass is 19.1. The molecular formula is C25H21FN6O2. The summed E-state index contributed by atoms with van der Waals surface area (Å²) in [5, 5.41) is 15.0. The Morgan fingerprint density at radius 1 is 0.941 bits per heavy atom. The normalized spacial score (nSPS) is 12.8. The Labute approximate surface area is 195 Å². The van der Waals surface area contributed by atoms with Gasteiger partial charge in [-0.1, -0.05) is 36.4 Å². The first-order chi connectivity index (χ1) is 16.6. The van der Waals surface area contributed by atoms with Gasteiger partial charge in [-0.25, -0.2) is 4.39 Å². The molecule has 0 unspecified atom stereocenters. The van der Waals surface area contributed by atoms with E-state index in [4.69, 9.17) is 0 Å². The van der Waals surface area contributed by atoms with Crippen molar-refractivity contribution in [1.29, 1.82) is 0 Å². The summed E-state index contributed by atoms with van der Waals surface area (Å²) in [6.07, 6.45) is 0.831. The number of nitrogens with one attached hydrogen (secondary N) is 1. The minimum Gasteiger partial charge on any atom is -0.336 e. The van der Waals surface area contributed by atoms with Crippen LogP contribution in [0.25, 0.3) is 11.4 Å². The standard InChI is InChI=1S/C25H21FN6O2/c26-22-8-4-3-7-21(22)25(34)27-20-11-9-18(10-12-20)24-28-30-32(29-24)16-23(33)31-14-13-17-5-1-2-6-19(17)15-31/h1-12H,13-16H2,(H,27,34). The van der Waals surface area contributed by atoms with Gasteiger partial charge in [0.2, 0.25) is 11.7 Å². The van der Waals surface area contributed by atoms with Gasteiger partial charge in [0.1, 0.15) is 12.4 Å². The molecule has 0 bridgehead atoms. The molecule has 0 atom stereocenters. The smallest absolute Gasteiger partial charge is 0.258 e. The van der Waals surface area contributed by atoms with Gasteiger partial charge in [0.25, 0.3) is 5.91 Å². The molecule has 8 nitrogen and oxygen atoms in total. The van der Waals surface area contributed by atoms with Crippen molar-refractivity contribution in [2.75, 3.05) is 11.9 Å². The summed E-state index contributed by atoms with van der Waals surface area (Å²) in [6, 6.07) is 20.7. The van der Waals surface area contributed by atoms with Gasteiger partial charge in [0, 0.05) is 24.3 Å². The van der Waals surface area contributed by atoms with Crippen molar-refractivity contribution in [3.63, 3.8) is 0 Å². The van der Waals surface area contributed by atoms with Crippen molar-refractivity contribution in [2.45, 2.75) is 19.5 Å². The minimum atomic E-state index is -0.583. The van der Waals surface area contributed by atoms with Crippen LogP contribution in [0.1, 0.15) is 21.5 Å². The van der Waals surface area contributed by atoms with Crippen LogP contribution in [0.5, 0.6) is 0 Å². The van der Waals surface area contributed by atoms with Gasteiger partial charge in [-0.05, 0) is 59.2 Å². The monoisotopic (exact) mass is 456 g/mol. The van der Waals surface area contributed by atoms with Crippen LogP contribution < -0.4 is 5.32 Å². The fraction of sp³-hybridized carbons (Fsp3) is 0.160. The molecule has 0 saturated carbocycles. The molecule has 2 amide bonds. The summed E-state index contributed by atoms with van der Waals surface area (Å²) in [5.41, 5.74) is 3.59. The van der Waals surface area contributed by atoms with Crippen LogP contribution in [0.15, 0.2) is 72.8 Å². The second-order valence-electron chi connectivity index (χ2n) is 7.99. The fourth-order valence-electron chi connectivity index (χ4n) is 3.90. The molecule has 1 aliphatic heterocycles. The number of rotatable bonds is 5. The van der Waals surface area contributed by atoms with Gasteiger partial charge in [-0.3, -0.25) is 9.59 Å². The number of carbonyl (C=O) groups is 2. The summed E-state index contributed by atoms with van der Waals surface area (Å²) >= 11 is 0. The second kappa shape index (κ2) is 9.22. The molecule has 2 heterocycles. The zero-order valence-electron chi connectivity index (χ0n) is 18.2. The van der Waals surface area contributed by atoms with Gasteiger partial charge in [-0.2, -0.15) is 4.80 Å². The van der Waals surface area contributed by atoms with Gasteiger partial charge in [0.05, 0.1) is 5.56 Å². The van der Waals surface area contributed by atoms with E-state index in [0.29, 0.717) is 30.2 Å². The molecule has 0 radical (unpaired) electrons. The summed E-state index contributed by atoms with van der Waals surface area (Å²) in [4.78, 5) is 28.1. The van der Waals surface area contributed by atoms with Crippen LogP contribution in [0.4, 0.5) is 10.1 Å². The molecule has 34 heavy (non-hydrogen) atoms. The number of fused-ring (bicyclic) bond motifs is 1. The maximum atomic E-state index is 13.8. The summed E-state index contributed by atoms with van der Waals surface area (Å²) < 4.78 is 13.8. The quantitative estimate of drug-likeness (QED) is 0.497. The molecule has 1 aliphatic rings. The Balaban J connectivity index is 1.21. The summed E-state index contributed by atoms with van der Waals surface area (Å²) in [5.74, 6) is -0.817. The maximum absolute atomic E-state index is 13.8. The first kappa shape index (κ1) is 21.4. The highest BCUT2D eigenvalue weighted by Gasteiger charge is 2.21. The third-order valence-electron chi connectivity index (χ3n) is 5.73. The highest BCUT2D eigenvalue weighted by molar-refractivity contribution is 6.04. The number of tetrazole rings is 1. The lowest BCUT2D eigenvalue weighted by Gasteiger charge is -2.28. The van der Waals surface area contributed by atoms with Crippen molar-refractivity contribution >= 4 is 17.5 Å². The number of hydrogen-bond acceptors (Lipinski definition) is 5. The van der Waals surface area contributed by atoms with E-state index in [2.05, 4.69) is 26.8 Å². The van der Waals surface area contributed by atoms with Crippen molar-refractivity contribution in [2.24, 2.45) is 0 Å². The number of halogens is 1. The van der Waals surface area contributed by atoms with Crippen LogP contribution in [0, 0.1) is 5.82 Å². The van der Waals surface area contributed by atoms with Crippen molar-refractivity contribution in [3.8, 4) is 11.4 Å². The Morgan fingerprint density at radius 2 is 1.68 bits per heavy atom. The van der Waals surface area contributed by atoms with E-state index in [-0.39, 0.29) is 18.0 Å². The van der Waals surface area contributed by atoms with Gasteiger partial charge >= 0.3 is 0 Å². The van der Waals surface area contributed by atoms with Crippen molar-refractivity contribution in [1.82, 2.24) is 25.1 Å². The van der Waals surface area contributed by atoms with Crippen LogP contribution in [-0.2, 0) is 24.3 Å². The average molecular weight is 456 g/mol. The molecule has 0 aliphatic carbocycles. The SMILES string of the molecule is O=C(Nc1ccc(-c2nnn(CC(=O)N3CCc4ccccc4C3)n2)cc1)c1ccccc1F. The van der Waals surface area contributed by atoms with Crippen LogP contribution in [-0.4, -0.2) is 43.5 Å². The summed E-state index contributed by atoms with van der Waals surface area (Å²) in [6.45, 7) is 1.25. The zero-order chi connectivity index (χ0) is 23.5. The third kappa shape index (κ3) is 4.54. The molecule has 0 spiro atoms. The van der Waals surface area contributed by atoms with Crippen LogP contribution in [0.2, 0.25) is 0 Å². The number of nitrogens with zero attached hydrogens (tertiary/aromatic N) is 5. The van der Waals surface area contributed by atoms with E-state index in [1.807, 2.05) is 18.2 Å². The van der Waals surface area contributed by atoms with Crippen molar-refractivity contribution < 1.29 is 14.0 Å². The number of aromatic nitrogens is 4. The molecule has 4 aromatic rings. The maximum Gasteiger partial charge on any atom is 0.258 e. The van der Waals surface area contributed by atoms with Crippen molar-refractivity contribution in [3.05, 3.63) is 95.3 Å². The number of benzene rings is 3. The predicted molar refractivity (Wildman–Crippen MR) is 123 cm³/mol. The third-order valence-corrected chi connectivity index (χ3v) is 5.73. The molecular weight excluding hydrogens is 435 g/mol. The first-order valence-electron chi connectivity index (χ1n) is 10.9. The Bertz CT molecular complexity index is 1350. The first-order valence-corrected chi connectivity index (χ1v) is 10.9. The molecule has 1 aromatic heterocycles. The molecule has 0 saturated heterocycles. The minimum absolute atomic E-state index is 0.00590. The second-order valence-corrected chi connectivity index (χ2v) is 7.99. The Hall–Kier alpha value is -4.40. The van der Waals surface area contributed by atoms with Crippen LogP contribution >= 0.6 is 0 Å². The number of anilines is 1. The van der Waals surface area contributed by atoms with Gasteiger partial charge in [0.15, 0.2) is 0 Å². The predicted octanol–water partition coefficient (Wildman–Crippen LogP) is 3.32. The van der Waals surface area contributed by atoms with E-state index < -0.39 is 11.7 Å². The highest BCUT2D eigenvalue weighted by Crippen LogP contribution is 2.20. The van der Waals surface area contributed by atoms with E-state index >= 15 is 0 Å². The molecule has 0 fully saturated rings. The molecule has 5 rings (SSSR count). The Morgan fingerprint density at radius 3 is 2.47 bits per heavy atom. The lowest BCUT2D eigenvalue weighted by atomic mass is 10.00. The summed E-state index contributed by atoms with van der Waals surface area (Å²) in [7, 11) is 0. The molecule has 1 N–H and O–H groups in total. The topological polar surface area (TPSA) is 93.0 Å². The molecule has 170 valence electrons. The number of carbonyl (C=O) groups excluding carboxylic acids is 2. The number of hydrogen-bond donors (Lipinski definition) is 1. The Kier molecular flexibility index (Phi) is 5.82. The fourth-order valence-corrected chi connectivity index (χ4v) is 3.90. The van der Waals surface area contributed by atoms with Gasteiger partial charge < -0.3 is 10.2 Å². The van der Waals surface area contributed by atoms with Gasteiger partial charge in [-0.15, -0.1) is 10.2 Å². The lowest BCUT2D eigenvalue weighted by molar-refractivity contribution is -0.133. The number of amides is 2. The van der Waals surface area contributed by atoms with E-state index in [9.17, 15) is 14.0 Å². The average Bonchev–Trinajstić information content (AvgIpc) is 3.33. The van der Waals surface area contributed by atoms with Crippen LogP contribution in [0.3, 0.4) is 0 Å². The zero-order valence-corrected chi connectivity index (χ0v) is 18.2. The largest absolute Gasteiger partial charge is 0.336 e.